The molecular formula is C116H89Ir5N20-5. The standard InChI is InChI=1S/C27H19N4.C23H19N4.3C22H17N4.5Ir/c1-20-13-14-22(17-25(20)28-2)27-29-15-16-31(27)26-19-30(23-11-7-4-8-12-23)18-24(26)21-9-5-3-6-10-21;1-16-10-11-19(14-21(16)24-4)23-25-12-13-26(23)22-17(2)15-27(18(22)3)20-8-6-5-7-9-20;1-16-9-10-18(15-19(16)23-2)22-24-12-14-26(22)20-11-13-25(3)21(20)17-7-5-4-6-8-17;1-16-9-10-18(15-20(16)23-3)22-24-12-14-26(22)21-11-13-25(17(21)2)19-7-5-4-6-8-19;1-16-9-10-18(13-20(16)23-3)22-24-11-12-26(22)21-15-25(14-17(21)2)19-7-5-4-6-8-19;;;;;/h3-13,15-19H,1H3;5-10,12-15H,1-3H3;4-9,11-15H,1,3H3;2*4-9,11-15H,1-2H3;;;;;/q5*-1;;;;;. The second-order valence-electron chi connectivity index (χ2n) is 32.4. The van der Waals surface area contributed by atoms with Crippen molar-refractivity contribution in [2.45, 2.75) is 62.3 Å². The van der Waals surface area contributed by atoms with E-state index in [0.29, 0.717) is 28.4 Å². The van der Waals surface area contributed by atoms with Crippen molar-refractivity contribution < 1.29 is 101 Å². The number of rotatable bonds is 16. The first-order valence-electron chi connectivity index (χ1n) is 43.8. The Kier molecular flexibility index (Phi) is 35.4. The van der Waals surface area contributed by atoms with Crippen LogP contribution < -0.4 is 0 Å². The molecule has 20 nitrogen and oxygen atoms in total. The van der Waals surface area contributed by atoms with E-state index in [2.05, 4.69) is 266 Å². The van der Waals surface area contributed by atoms with Crippen LogP contribution in [0.25, 0.3) is 155 Å². The van der Waals surface area contributed by atoms with Crippen LogP contribution >= 0.6 is 0 Å². The zero-order chi connectivity index (χ0) is 94.5. The van der Waals surface area contributed by atoms with Crippen molar-refractivity contribution in [3.63, 3.8) is 0 Å². The Balaban J connectivity index is 0.000000156. The van der Waals surface area contributed by atoms with Crippen molar-refractivity contribution in [1.29, 1.82) is 0 Å². The van der Waals surface area contributed by atoms with Crippen LogP contribution in [0, 0.1) is 126 Å². The molecule has 0 atom stereocenters. The Morgan fingerprint density at radius 1 is 0.255 bits per heavy atom. The smallest absolute Gasteiger partial charge is 0.111 e. The molecule has 0 aliphatic carbocycles. The van der Waals surface area contributed by atoms with Gasteiger partial charge in [-0.05, 0) is 105 Å². The molecule has 5 radical (unpaired) electrons. The van der Waals surface area contributed by atoms with Gasteiger partial charge in [-0.15, -0.1) is 116 Å². The molecule has 0 unspecified atom stereocenters. The van der Waals surface area contributed by atoms with E-state index in [1.54, 1.807) is 31.0 Å². The summed E-state index contributed by atoms with van der Waals surface area (Å²) in [6.45, 7) is 54.9. The Morgan fingerprint density at radius 3 is 0.943 bits per heavy atom. The van der Waals surface area contributed by atoms with Crippen LogP contribution in [0.15, 0.2) is 360 Å². The van der Waals surface area contributed by atoms with Gasteiger partial charge in [0.25, 0.3) is 0 Å². The first-order valence-corrected chi connectivity index (χ1v) is 43.8. The molecule has 0 aliphatic rings. The molecule has 0 saturated heterocycles. The molecule has 0 aliphatic heterocycles. The minimum atomic E-state index is 0. The molecule has 703 valence electrons. The maximum Gasteiger partial charge on any atom is 0.111 e. The number of benzene rings is 11. The Labute approximate surface area is 889 Å². The summed E-state index contributed by atoms with van der Waals surface area (Å²) >= 11 is 0. The van der Waals surface area contributed by atoms with Crippen LogP contribution in [0.5, 0.6) is 0 Å². The zero-order valence-corrected chi connectivity index (χ0v) is 90.2. The Hall–Kier alpha value is -15.4. The average Bonchev–Trinajstić information content (AvgIpc) is 1.62. The Bertz CT molecular complexity index is 8010. The molecule has 10 heterocycles. The van der Waals surface area contributed by atoms with Crippen LogP contribution in [0.1, 0.15) is 50.3 Å². The number of hydrogen-bond acceptors (Lipinski definition) is 5. The van der Waals surface area contributed by atoms with Crippen LogP contribution in [-0.2, 0) is 108 Å². The van der Waals surface area contributed by atoms with Gasteiger partial charge >= 0.3 is 0 Å². The number of imidazole rings is 5. The van der Waals surface area contributed by atoms with Crippen molar-refractivity contribution in [2.75, 3.05) is 0 Å². The van der Waals surface area contributed by atoms with Gasteiger partial charge in [0, 0.05) is 258 Å². The van der Waals surface area contributed by atoms with Gasteiger partial charge in [-0.3, -0.25) is 49.1 Å². The topological polar surface area (TPSA) is 136 Å². The molecule has 21 rings (SSSR count). The molecule has 10 aromatic heterocycles. The molecule has 21 aromatic rings. The molecule has 25 heteroatoms. The third kappa shape index (κ3) is 22.6. The quantitative estimate of drug-likeness (QED) is 0.0888. The van der Waals surface area contributed by atoms with Gasteiger partial charge in [0.1, 0.15) is 28.4 Å². The SMILES string of the molecule is [C-]#[N+]c1cc(-c2nccn2-c2c(C)cn(-c3ccccc3)c2C)[c-]cc1C.[C-]#[N+]c1cc(-c2nccn2-c2ccn(-c3ccccc3)c2C)[c-]cc1C.[C-]#[N+]c1cc(-c2nccn2-c2ccn(C)c2-c2ccccc2)[c-]cc1C.[C-]#[N+]c1cc(-c2nccn2-c2cn(-c3ccccc3)cc2-c2ccccc2)[c-]cc1C.[C-]#[N+]c1cc(-c2nccn2-c2cn(-c3ccccc3)cc2C)[c-]cc1C.[Ir].[Ir].[Ir].[Ir].[Ir]. The van der Waals surface area contributed by atoms with Crippen LogP contribution in [0.3, 0.4) is 0 Å². The summed E-state index contributed by atoms with van der Waals surface area (Å²) in [6.07, 6.45) is 33.4. The molecule has 141 heavy (non-hydrogen) atoms. The number of aromatic nitrogens is 15. The zero-order valence-electron chi connectivity index (χ0n) is 78.2. The third-order valence-corrected chi connectivity index (χ3v) is 23.6. The van der Waals surface area contributed by atoms with Crippen molar-refractivity contribution in [3.05, 3.63) is 498 Å². The molecule has 0 N–H and O–H groups in total. The fraction of sp³-hybridized carbons (Fsp3) is 0.0862. The maximum atomic E-state index is 7.45. The van der Waals surface area contributed by atoms with Gasteiger partial charge in [0.05, 0.1) is 96.1 Å². The van der Waals surface area contributed by atoms with E-state index >= 15 is 0 Å². The third-order valence-electron chi connectivity index (χ3n) is 23.6. The predicted molar refractivity (Wildman–Crippen MR) is 540 cm³/mol. The summed E-state index contributed by atoms with van der Waals surface area (Å²) in [4.78, 5) is 40.7. The van der Waals surface area contributed by atoms with Crippen molar-refractivity contribution in [2.24, 2.45) is 7.05 Å². The van der Waals surface area contributed by atoms with Crippen molar-refractivity contribution in [1.82, 2.24) is 70.6 Å². The van der Waals surface area contributed by atoms with Gasteiger partial charge < -0.3 is 45.7 Å². The molecule has 0 bridgehead atoms. The average molecular weight is 2720 g/mol. The summed E-state index contributed by atoms with van der Waals surface area (Å²) in [7, 11) is 2.04. The fourth-order valence-electron chi connectivity index (χ4n) is 16.5. The van der Waals surface area contributed by atoms with Crippen LogP contribution in [0.2, 0.25) is 0 Å². The van der Waals surface area contributed by atoms with Gasteiger partial charge in [-0.2, -0.15) is 30.3 Å². The number of hydrogen-bond donors (Lipinski definition) is 0. The van der Waals surface area contributed by atoms with Gasteiger partial charge in [-0.1, -0.05) is 168 Å². The summed E-state index contributed by atoms with van der Waals surface area (Å²) in [5, 5.41) is 0. The van der Waals surface area contributed by atoms with E-state index in [9.17, 15) is 0 Å². The second kappa shape index (κ2) is 47.8. The van der Waals surface area contributed by atoms with E-state index in [4.69, 9.17) is 32.9 Å². The summed E-state index contributed by atoms with van der Waals surface area (Å²) in [5.74, 6) is 3.88. The predicted octanol–water partition coefficient (Wildman–Crippen LogP) is 28.0. The van der Waals surface area contributed by atoms with Gasteiger partial charge in [0.15, 0.2) is 0 Å². The van der Waals surface area contributed by atoms with Gasteiger partial charge in [0.2, 0.25) is 0 Å². The minimum absolute atomic E-state index is 0. The molecule has 0 amide bonds. The fourth-order valence-corrected chi connectivity index (χ4v) is 16.5. The van der Waals surface area contributed by atoms with E-state index < -0.39 is 0 Å². The summed E-state index contributed by atoms with van der Waals surface area (Å²) in [6, 6.07) is 101. The second-order valence-corrected chi connectivity index (χ2v) is 32.4. The van der Waals surface area contributed by atoms with E-state index in [0.717, 1.165) is 181 Å². The van der Waals surface area contributed by atoms with E-state index in [-0.39, 0.29) is 101 Å². The minimum Gasteiger partial charge on any atom is -0.349 e. The first-order chi connectivity index (χ1) is 66.4. The van der Waals surface area contributed by atoms with E-state index in [1.807, 2.05) is 258 Å². The van der Waals surface area contributed by atoms with Crippen LogP contribution in [0.4, 0.5) is 28.4 Å². The normalized spacial score (nSPS) is 10.3. The largest absolute Gasteiger partial charge is 0.349 e. The van der Waals surface area contributed by atoms with Crippen molar-refractivity contribution >= 4 is 28.4 Å². The monoisotopic (exact) mass is 2730 g/mol. The first kappa shape index (κ1) is 104. The molecular weight excluding hydrogens is 2630 g/mol. The maximum absolute atomic E-state index is 7.45. The Morgan fingerprint density at radius 2 is 0.560 bits per heavy atom. The molecule has 0 fully saturated rings. The molecule has 11 aromatic carbocycles. The number of nitrogens with zero attached hydrogens (tertiary/aromatic N) is 20. The molecule has 0 spiro atoms. The van der Waals surface area contributed by atoms with Gasteiger partial charge in [-0.25, -0.2) is 0 Å². The van der Waals surface area contributed by atoms with Crippen LogP contribution in [-0.4, -0.2) is 70.6 Å². The number of aryl methyl sites for hydroxylation is 8. The summed E-state index contributed by atoms with van der Waals surface area (Å²) in [5.41, 5.74) is 30.6. The van der Waals surface area contributed by atoms with Crippen molar-refractivity contribution in [3.8, 4) is 131 Å². The molecule has 0 saturated carbocycles. The summed E-state index contributed by atoms with van der Waals surface area (Å²) < 4.78 is 21.0. The number of para-hydroxylation sites is 4. The van der Waals surface area contributed by atoms with E-state index in [1.165, 1.54) is 0 Å².